The second kappa shape index (κ2) is 7.66. The van der Waals surface area contributed by atoms with Gasteiger partial charge in [-0.05, 0) is 56.0 Å². The number of nitrogens with zero attached hydrogens (tertiary/aromatic N) is 1. The molecule has 0 bridgehead atoms. The lowest BCUT2D eigenvalue weighted by Gasteiger charge is -2.31. The summed E-state index contributed by atoms with van der Waals surface area (Å²) in [5, 5.41) is 0. The lowest BCUT2D eigenvalue weighted by atomic mass is 9.88. The van der Waals surface area contributed by atoms with Crippen molar-refractivity contribution in [3.63, 3.8) is 0 Å². The number of hydrogen-bond acceptors (Lipinski definition) is 3. The van der Waals surface area contributed by atoms with E-state index in [0.717, 1.165) is 34.4 Å². The van der Waals surface area contributed by atoms with Crippen LogP contribution in [0.25, 0.3) is 0 Å². The van der Waals surface area contributed by atoms with Crippen LogP contribution >= 0.6 is 11.3 Å². The Bertz CT molecular complexity index is 838. The number of Topliss-reactive ketones (excluding diaryl/α,β-unsaturated/α-hetero) is 1. The fourth-order valence-corrected chi connectivity index (χ4v) is 4.46. The van der Waals surface area contributed by atoms with Crippen LogP contribution in [0, 0.1) is 24.5 Å². The number of amides is 1. The SMILES string of the molecule is CCc1cc(C(=O)N2CCC(C(=O)c3cc(F)ccc3F)CC2)sc1C. The average Bonchev–Trinajstić information content (AvgIpc) is 3.03. The molecule has 1 aromatic carbocycles. The number of aryl methyl sites for hydroxylation is 2. The average molecular weight is 377 g/mol. The number of likely N-dealkylation sites (tertiary alicyclic amines) is 1. The number of hydrogen-bond donors (Lipinski definition) is 0. The zero-order valence-corrected chi connectivity index (χ0v) is 15.7. The molecule has 1 fully saturated rings. The molecule has 0 radical (unpaired) electrons. The minimum Gasteiger partial charge on any atom is -0.338 e. The van der Waals surface area contributed by atoms with Gasteiger partial charge in [-0.25, -0.2) is 8.78 Å². The monoisotopic (exact) mass is 377 g/mol. The summed E-state index contributed by atoms with van der Waals surface area (Å²) in [6, 6.07) is 4.88. The molecule has 3 rings (SSSR count). The van der Waals surface area contributed by atoms with Crippen molar-refractivity contribution < 1.29 is 18.4 Å². The first kappa shape index (κ1) is 18.7. The van der Waals surface area contributed by atoms with Gasteiger partial charge in [0.25, 0.3) is 5.91 Å². The molecule has 1 aliphatic rings. The molecule has 0 aliphatic carbocycles. The van der Waals surface area contributed by atoms with Gasteiger partial charge in [-0.1, -0.05) is 6.92 Å². The van der Waals surface area contributed by atoms with E-state index in [1.807, 2.05) is 13.0 Å². The van der Waals surface area contributed by atoms with Crippen LogP contribution in [0.3, 0.4) is 0 Å². The summed E-state index contributed by atoms with van der Waals surface area (Å²) in [6.07, 6.45) is 1.82. The minimum absolute atomic E-state index is 0.0133. The second-order valence-corrected chi connectivity index (χ2v) is 7.86. The molecule has 0 spiro atoms. The Morgan fingerprint density at radius 1 is 1.19 bits per heavy atom. The van der Waals surface area contributed by atoms with Crippen LogP contribution in [0.4, 0.5) is 8.78 Å². The molecule has 26 heavy (non-hydrogen) atoms. The number of rotatable bonds is 4. The van der Waals surface area contributed by atoms with Crippen LogP contribution in [-0.4, -0.2) is 29.7 Å². The van der Waals surface area contributed by atoms with Gasteiger partial charge in [-0.3, -0.25) is 9.59 Å². The van der Waals surface area contributed by atoms with Gasteiger partial charge in [0, 0.05) is 23.9 Å². The van der Waals surface area contributed by atoms with Gasteiger partial charge in [0.2, 0.25) is 0 Å². The molecule has 3 nitrogen and oxygen atoms in total. The van der Waals surface area contributed by atoms with Crippen molar-refractivity contribution >= 4 is 23.0 Å². The smallest absolute Gasteiger partial charge is 0.263 e. The Hall–Kier alpha value is -2.08. The van der Waals surface area contributed by atoms with Gasteiger partial charge in [-0.2, -0.15) is 0 Å². The number of halogens is 2. The highest BCUT2D eigenvalue weighted by atomic mass is 32.1. The summed E-state index contributed by atoms with van der Waals surface area (Å²) < 4.78 is 27.1. The fourth-order valence-electron chi connectivity index (χ4n) is 3.38. The van der Waals surface area contributed by atoms with Gasteiger partial charge in [0.05, 0.1) is 10.4 Å². The van der Waals surface area contributed by atoms with Crippen molar-refractivity contribution in [2.75, 3.05) is 13.1 Å². The van der Waals surface area contributed by atoms with Crippen molar-refractivity contribution in [3.05, 3.63) is 56.8 Å². The van der Waals surface area contributed by atoms with Gasteiger partial charge in [-0.15, -0.1) is 11.3 Å². The normalized spacial score (nSPS) is 15.3. The molecule has 2 heterocycles. The minimum atomic E-state index is -0.698. The van der Waals surface area contributed by atoms with Crippen LogP contribution in [0.2, 0.25) is 0 Å². The number of carbonyl (C=O) groups excluding carboxylic acids is 2. The molecule has 1 amide bonds. The third-order valence-electron chi connectivity index (χ3n) is 4.96. The third kappa shape index (κ3) is 3.70. The lowest BCUT2D eigenvalue weighted by molar-refractivity contribution is 0.0653. The molecule has 0 unspecified atom stereocenters. The molecule has 6 heteroatoms. The van der Waals surface area contributed by atoms with Gasteiger partial charge >= 0.3 is 0 Å². The van der Waals surface area contributed by atoms with Crippen LogP contribution in [0.5, 0.6) is 0 Å². The standard InChI is InChI=1S/C20H21F2NO2S/c1-3-13-10-18(26-12(13)2)20(25)23-8-6-14(7-9-23)19(24)16-11-15(21)4-5-17(16)22/h4-5,10-11,14H,3,6-9H2,1-2H3. The number of carbonyl (C=O) groups is 2. The number of ketones is 1. The van der Waals surface area contributed by atoms with E-state index in [1.54, 1.807) is 4.90 Å². The molecular formula is C20H21F2NO2S. The molecule has 1 aliphatic heterocycles. The van der Waals surface area contributed by atoms with E-state index in [-0.39, 0.29) is 23.2 Å². The Balaban J connectivity index is 1.66. The largest absolute Gasteiger partial charge is 0.338 e. The maximum atomic E-state index is 13.8. The number of thiophene rings is 1. The van der Waals surface area contributed by atoms with Crippen LogP contribution < -0.4 is 0 Å². The fraction of sp³-hybridized carbons (Fsp3) is 0.400. The van der Waals surface area contributed by atoms with E-state index >= 15 is 0 Å². The van der Waals surface area contributed by atoms with Crippen LogP contribution in [0.15, 0.2) is 24.3 Å². The maximum Gasteiger partial charge on any atom is 0.263 e. The highest BCUT2D eigenvalue weighted by molar-refractivity contribution is 7.14. The third-order valence-corrected chi connectivity index (χ3v) is 6.04. The van der Waals surface area contributed by atoms with Crippen molar-refractivity contribution in [2.45, 2.75) is 33.1 Å². The van der Waals surface area contributed by atoms with E-state index < -0.39 is 11.6 Å². The molecule has 0 N–H and O–H groups in total. The first-order valence-corrected chi connectivity index (χ1v) is 9.60. The zero-order valence-electron chi connectivity index (χ0n) is 14.9. The van der Waals surface area contributed by atoms with Crippen LogP contribution in [-0.2, 0) is 6.42 Å². The summed E-state index contributed by atoms with van der Waals surface area (Å²) >= 11 is 1.50. The summed E-state index contributed by atoms with van der Waals surface area (Å²) in [7, 11) is 0. The zero-order chi connectivity index (χ0) is 18.8. The van der Waals surface area contributed by atoms with Crippen molar-refractivity contribution in [1.29, 1.82) is 0 Å². The molecule has 0 atom stereocenters. The van der Waals surface area contributed by atoms with E-state index in [1.165, 1.54) is 16.9 Å². The number of piperidine rings is 1. The lowest BCUT2D eigenvalue weighted by Crippen LogP contribution is -2.40. The highest BCUT2D eigenvalue weighted by Gasteiger charge is 2.30. The van der Waals surface area contributed by atoms with E-state index in [0.29, 0.717) is 25.9 Å². The first-order chi connectivity index (χ1) is 12.4. The number of benzene rings is 1. The Morgan fingerprint density at radius 2 is 1.88 bits per heavy atom. The topological polar surface area (TPSA) is 37.4 Å². The molecule has 1 aromatic heterocycles. The van der Waals surface area contributed by atoms with E-state index in [2.05, 4.69) is 6.92 Å². The van der Waals surface area contributed by atoms with Crippen molar-refractivity contribution in [3.8, 4) is 0 Å². The summed E-state index contributed by atoms with van der Waals surface area (Å²) in [5.41, 5.74) is 0.987. The van der Waals surface area contributed by atoms with Crippen molar-refractivity contribution in [2.24, 2.45) is 5.92 Å². The summed E-state index contributed by atoms with van der Waals surface area (Å²) in [5.74, 6) is -2.10. The van der Waals surface area contributed by atoms with E-state index in [4.69, 9.17) is 0 Å². The first-order valence-electron chi connectivity index (χ1n) is 8.78. The van der Waals surface area contributed by atoms with Crippen molar-refractivity contribution in [1.82, 2.24) is 4.90 Å². The second-order valence-electron chi connectivity index (χ2n) is 6.60. The van der Waals surface area contributed by atoms with E-state index in [9.17, 15) is 18.4 Å². The summed E-state index contributed by atoms with van der Waals surface area (Å²) in [4.78, 5) is 28.8. The molecule has 2 aromatic rings. The van der Waals surface area contributed by atoms with Gasteiger partial charge in [0.1, 0.15) is 11.6 Å². The predicted octanol–water partition coefficient (Wildman–Crippen LogP) is 4.63. The maximum absolute atomic E-state index is 13.8. The summed E-state index contributed by atoms with van der Waals surface area (Å²) in [6.45, 7) is 4.97. The molecule has 0 saturated carbocycles. The Kier molecular flexibility index (Phi) is 5.51. The Labute approximate surface area is 155 Å². The highest BCUT2D eigenvalue weighted by Crippen LogP contribution is 2.27. The van der Waals surface area contributed by atoms with Gasteiger partial charge < -0.3 is 4.90 Å². The molecule has 138 valence electrons. The Morgan fingerprint density at radius 3 is 2.50 bits per heavy atom. The quantitative estimate of drug-likeness (QED) is 0.729. The molecular weight excluding hydrogens is 356 g/mol. The molecule has 1 saturated heterocycles. The van der Waals surface area contributed by atoms with Crippen LogP contribution in [0.1, 0.15) is 50.2 Å². The van der Waals surface area contributed by atoms with Gasteiger partial charge in [0.15, 0.2) is 5.78 Å². The predicted molar refractivity (Wildman–Crippen MR) is 97.8 cm³/mol.